The number of carbonyl (C=O) groups is 1. The van der Waals surface area contributed by atoms with Gasteiger partial charge in [0.05, 0.1) is 6.10 Å². The Morgan fingerprint density at radius 3 is 2.53 bits per heavy atom. The predicted octanol–water partition coefficient (Wildman–Crippen LogP) is 1.87. The molecule has 0 saturated carbocycles. The molecule has 0 spiro atoms. The molecule has 1 saturated heterocycles. The highest BCUT2D eigenvalue weighted by atomic mass is 16.6. The summed E-state index contributed by atoms with van der Waals surface area (Å²) in [5.41, 5.74) is -0.430. The van der Waals surface area contributed by atoms with Gasteiger partial charge in [-0.25, -0.2) is 0 Å². The summed E-state index contributed by atoms with van der Waals surface area (Å²) >= 11 is 0. The van der Waals surface area contributed by atoms with Crippen molar-refractivity contribution < 1.29 is 14.3 Å². The minimum absolute atomic E-state index is 0.181. The Kier molecular flexibility index (Phi) is 4.95. The summed E-state index contributed by atoms with van der Waals surface area (Å²) in [6.07, 6.45) is 2.40. The highest BCUT2D eigenvalue weighted by Gasteiger charge is 2.27. The van der Waals surface area contributed by atoms with Crippen LogP contribution in [0.4, 0.5) is 0 Å². The van der Waals surface area contributed by atoms with Gasteiger partial charge in [-0.2, -0.15) is 0 Å². The lowest BCUT2D eigenvalue weighted by Gasteiger charge is -2.26. The van der Waals surface area contributed by atoms with E-state index in [1.807, 2.05) is 27.7 Å². The van der Waals surface area contributed by atoms with Crippen molar-refractivity contribution in [1.82, 2.24) is 5.32 Å². The van der Waals surface area contributed by atoms with E-state index in [1.165, 1.54) is 0 Å². The SMILES string of the molecule is CC(NC(C)C1CCCO1)C(=O)OC(C)(C)C. The number of esters is 1. The van der Waals surface area contributed by atoms with Crippen LogP contribution in [0.15, 0.2) is 0 Å². The molecule has 1 fully saturated rings. The van der Waals surface area contributed by atoms with Gasteiger partial charge in [-0.15, -0.1) is 0 Å². The maximum absolute atomic E-state index is 11.8. The monoisotopic (exact) mass is 243 g/mol. The molecular weight excluding hydrogens is 218 g/mol. The molecule has 17 heavy (non-hydrogen) atoms. The van der Waals surface area contributed by atoms with E-state index in [4.69, 9.17) is 9.47 Å². The van der Waals surface area contributed by atoms with Gasteiger partial charge in [0.25, 0.3) is 0 Å². The standard InChI is InChI=1S/C13H25NO3/c1-9(11-7-6-8-16-11)14-10(2)12(15)17-13(3,4)5/h9-11,14H,6-8H2,1-5H3. The molecule has 100 valence electrons. The first-order chi connectivity index (χ1) is 7.79. The van der Waals surface area contributed by atoms with Crippen LogP contribution in [0.25, 0.3) is 0 Å². The largest absolute Gasteiger partial charge is 0.459 e. The van der Waals surface area contributed by atoms with Gasteiger partial charge in [0, 0.05) is 12.6 Å². The maximum Gasteiger partial charge on any atom is 0.323 e. The van der Waals surface area contributed by atoms with E-state index < -0.39 is 5.60 Å². The number of hydrogen-bond acceptors (Lipinski definition) is 4. The van der Waals surface area contributed by atoms with Crippen molar-refractivity contribution in [3.63, 3.8) is 0 Å². The second kappa shape index (κ2) is 5.83. The lowest BCUT2D eigenvalue weighted by Crippen LogP contribution is -2.47. The molecular formula is C13H25NO3. The Bertz CT molecular complexity index is 254. The molecule has 1 rings (SSSR count). The molecule has 0 radical (unpaired) electrons. The minimum atomic E-state index is -0.430. The van der Waals surface area contributed by atoms with Gasteiger partial charge in [0.2, 0.25) is 0 Å². The van der Waals surface area contributed by atoms with Crippen molar-refractivity contribution in [3.8, 4) is 0 Å². The quantitative estimate of drug-likeness (QED) is 0.766. The molecule has 3 atom stereocenters. The van der Waals surface area contributed by atoms with Crippen LogP contribution in [-0.2, 0) is 14.3 Å². The van der Waals surface area contributed by atoms with Crippen LogP contribution in [0.5, 0.6) is 0 Å². The van der Waals surface area contributed by atoms with Crippen LogP contribution in [0.2, 0.25) is 0 Å². The number of nitrogens with one attached hydrogen (secondary N) is 1. The van der Waals surface area contributed by atoms with E-state index in [0.29, 0.717) is 0 Å². The smallest absolute Gasteiger partial charge is 0.323 e. The summed E-state index contributed by atoms with van der Waals surface area (Å²) in [4.78, 5) is 11.8. The first-order valence-electron chi connectivity index (χ1n) is 6.40. The fourth-order valence-corrected chi connectivity index (χ4v) is 1.96. The number of ether oxygens (including phenoxy) is 2. The number of rotatable bonds is 4. The van der Waals surface area contributed by atoms with E-state index in [0.717, 1.165) is 19.4 Å². The molecule has 0 aromatic rings. The summed E-state index contributed by atoms with van der Waals surface area (Å²) in [6, 6.07) is -0.117. The third-order valence-electron chi connectivity index (χ3n) is 2.80. The van der Waals surface area contributed by atoms with Gasteiger partial charge in [-0.3, -0.25) is 10.1 Å². The third kappa shape index (κ3) is 5.04. The summed E-state index contributed by atoms with van der Waals surface area (Å²) < 4.78 is 10.9. The molecule has 3 unspecified atom stereocenters. The molecule has 0 aliphatic carbocycles. The van der Waals surface area contributed by atoms with Crippen molar-refractivity contribution >= 4 is 5.97 Å². The van der Waals surface area contributed by atoms with Crippen molar-refractivity contribution in [1.29, 1.82) is 0 Å². The van der Waals surface area contributed by atoms with E-state index >= 15 is 0 Å². The van der Waals surface area contributed by atoms with Gasteiger partial charge in [0.1, 0.15) is 11.6 Å². The van der Waals surface area contributed by atoms with E-state index in [-0.39, 0.29) is 24.2 Å². The molecule has 0 aromatic carbocycles. The molecule has 1 aliphatic rings. The molecule has 1 N–H and O–H groups in total. The van der Waals surface area contributed by atoms with Crippen molar-refractivity contribution in [2.75, 3.05) is 6.61 Å². The Balaban J connectivity index is 2.37. The van der Waals surface area contributed by atoms with Crippen LogP contribution in [0, 0.1) is 0 Å². The zero-order valence-electron chi connectivity index (χ0n) is 11.6. The fourth-order valence-electron chi connectivity index (χ4n) is 1.96. The fraction of sp³-hybridized carbons (Fsp3) is 0.923. The molecule has 4 nitrogen and oxygen atoms in total. The lowest BCUT2D eigenvalue weighted by molar-refractivity contribution is -0.157. The average molecular weight is 243 g/mol. The van der Waals surface area contributed by atoms with Gasteiger partial charge in [-0.05, 0) is 47.5 Å². The molecule has 0 amide bonds. The Labute approximate surface area is 104 Å². The van der Waals surface area contributed by atoms with Gasteiger partial charge in [-0.1, -0.05) is 0 Å². The van der Waals surface area contributed by atoms with Crippen molar-refractivity contribution in [2.45, 2.75) is 71.2 Å². The summed E-state index contributed by atoms with van der Waals surface area (Å²) in [6.45, 7) is 10.3. The zero-order chi connectivity index (χ0) is 13.1. The van der Waals surface area contributed by atoms with Crippen LogP contribution < -0.4 is 5.32 Å². The minimum Gasteiger partial charge on any atom is -0.459 e. The van der Waals surface area contributed by atoms with Crippen LogP contribution in [0.1, 0.15) is 47.5 Å². The Morgan fingerprint density at radius 1 is 1.41 bits per heavy atom. The highest BCUT2D eigenvalue weighted by Crippen LogP contribution is 2.16. The van der Waals surface area contributed by atoms with E-state index in [1.54, 1.807) is 0 Å². The second-order valence-electron chi connectivity index (χ2n) is 5.76. The van der Waals surface area contributed by atoms with Crippen LogP contribution in [-0.4, -0.2) is 36.4 Å². The van der Waals surface area contributed by atoms with Gasteiger partial charge >= 0.3 is 5.97 Å². The molecule has 1 heterocycles. The summed E-state index contributed by atoms with van der Waals surface area (Å²) in [5.74, 6) is -0.206. The zero-order valence-corrected chi connectivity index (χ0v) is 11.6. The maximum atomic E-state index is 11.8. The Morgan fingerprint density at radius 2 is 2.06 bits per heavy atom. The molecule has 4 heteroatoms. The van der Waals surface area contributed by atoms with Crippen molar-refractivity contribution in [3.05, 3.63) is 0 Å². The lowest BCUT2D eigenvalue weighted by atomic mass is 10.1. The topological polar surface area (TPSA) is 47.6 Å². The number of hydrogen-bond donors (Lipinski definition) is 1. The van der Waals surface area contributed by atoms with Crippen LogP contribution >= 0.6 is 0 Å². The molecule has 1 aliphatic heterocycles. The Hall–Kier alpha value is -0.610. The van der Waals surface area contributed by atoms with E-state index in [9.17, 15) is 4.79 Å². The average Bonchev–Trinajstić information content (AvgIpc) is 2.67. The van der Waals surface area contributed by atoms with Gasteiger partial charge in [0.15, 0.2) is 0 Å². The first kappa shape index (κ1) is 14.5. The van der Waals surface area contributed by atoms with Crippen molar-refractivity contribution in [2.24, 2.45) is 0 Å². The normalized spacial score (nSPS) is 24.4. The summed E-state index contributed by atoms with van der Waals surface area (Å²) in [7, 11) is 0. The molecule has 0 bridgehead atoms. The molecule has 0 aromatic heterocycles. The predicted molar refractivity (Wildman–Crippen MR) is 66.9 cm³/mol. The van der Waals surface area contributed by atoms with Crippen LogP contribution in [0.3, 0.4) is 0 Å². The third-order valence-corrected chi connectivity index (χ3v) is 2.80. The highest BCUT2D eigenvalue weighted by molar-refractivity contribution is 5.75. The first-order valence-corrected chi connectivity index (χ1v) is 6.40. The van der Waals surface area contributed by atoms with E-state index in [2.05, 4.69) is 12.2 Å². The van der Waals surface area contributed by atoms with Gasteiger partial charge < -0.3 is 9.47 Å². The summed E-state index contributed by atoms with van der Waals surface area (Å²) in [5, 5.41) is 3.24. The second-order valence-corrected chi connectivity index (χ2v) is 5.76. The number of carbonyl (C=O) groups excluding carboxylic acids is 1.